The van der Waals surface area contributed by atoms with Gasteiger partial charge in [-0.1, -0.05) is 105 Å². The van der Waals surface area contributed by atoms with Gasteiger partial charge in [-0.2, -0.15) is 0 Å². The van der Waals surface area contributed by atoms with Crippen LogP contribution in [0.4, 0.5) is 0 Å². The van der Waals surface area contributed by atoms with Crippen molar-refractivity contribution in [3.63, 3.8) is 0 Å². The minimum absolute atomic E-state index is 0.00401. The molecule has 0 heterocycles. The number of carbonyl (C=O) groups is 1. The summed E-state index contributed by atoms with van der Waals surface area (Å²) in [7, 11) is 0. The second kappa shape index (κ2) is 15.6. The predicted octanol–water partition coefficient (Wildman–Crippen LogP) is 7.59. The van der Waals surface area contributed by atoms with Crippen LogP contribution in [0.2, 0.25) is 0 Å². The molecule has 0 fully saturated rings. The molecule has 0 bridgehead atoms. The standard InChI is InChI=1S/C19H26N2O.C17H18O/c1-15(19(22)21-12-6-2-5-11-20)13-16-9-10-17-7-3-4-8-18(17)14-16;1-4-14-6-5-12(2)11-17(14)13(3)15-7-9-16(18)10-8-15/h3-4,7-10,14-15H,2,5-6,11-13,20H2,1H3,(H,21,22);5-11,18H,3-4H2,1-2H3. The van der Waals surface area contributed by atoms with Gasteiger partial charge in [0.25, 0.3) is 0 Å². The molecule has 0 aliphatic heterocycles. The summed E-state index contributed by atoms with van der Waals surface area (Å²) < 4.78 is 0. The molecular weight excluding hydrogens is 492 g/mol. The van der Waals surface area contributed by atoms with E-state index in [1.165, 1.54) is 33.0 Å². The molecule has 1 atom stereocenters. The van der Waals surface area contributed by atoms with E-state index in [2.05, 4.69) is 74.3 Å². The van der Waals surface area contributed by atoms with Crippen LogP contribution in [0, 0.1) is 12.8 Å². The van der Waals surface area contributed by atoms with Crippen LogP contribution < -0.4 is 11.1 Å². The Labute approximate surface area is 239 Å². The van der Waals surface area contributed by atoms with Gasteiger partial charge in [-0.15, -0.1) is 0 Å². The number of phenolic OH excluding ortho intramolecular Hbond substituents is 1. The first-order chi connectivity index (χ1) is 19.3. The van der Waals surface area contributed by atoms with Crippen LogP contribution in [-0.2, 0) is 17.6 Å². The van der Waals surface area contributed by atoms with Gasteiger partial charge in [-0.3, -0.25) is 4.79 Å². The van der Waals surface area contributed by atoms with Crippen molar-refractivity contribution in [3.8, 4) is 5.75 Å². The molecule has 4 aromatic carbocycles. The van der Waals surface area contributed by atoms with Crippen LogP contribution in [0.25, 0.3) is 16.3 Å². The van der Waals surface area contributed by atoms with Crippen LogP contribution in [0.5, 0.6) is 5.75 Å². The third kappa shape index (κ3) is 9.10. The third-order valence-corrected chi connectivity index (χ3v) is 7.17. The van der Waals surface area contributed by atoms with Crippen LogP contribution in [-0.4, -0.2) is 24.1 Å². The molecule has 0 aromatic heterocycles. The number of carbonyl (C=O) groups excluding carboxylic acids is 1. The summed E-state index contributed by atoms with van der Waals surface area (Å²) in [6, 6.07) is 28.4. The minimum atomic E-state index is -0.00401. The minimum Gasteiger partial charge on any atom is -0.508 e. The number of aryl methyl sites for hydroxylation is 2. The lowest BCUT2D eigenvalue weighted by atomic mass is 9.92. The van der Waals surface area contributed by atoms with Crippen molar-refractivity contribution in [2.75, 3.05) is 13.1 Å². The molecule has 1 unspecified atom stereocenters. The zero-order valence-corrected chi connectivity index (χ0v) is 24.2. The summed E-state index contributed by atoms with van der Waals surface area (Å²) in [6.45, 7) is 11.9. The van der Waals surface area contributed by atoms with Gasteiger partial charge in [-0.25, -0.2) is 0 Å². The van der Waals surface area contributed by atoms with E-state index in [0.29, 0.717) is 0 Å². The van der Waals surface area contributed by atoms with Gasteiger partial charge in [-0.05, 0) is 89.9 Å². The Bertz CT molecular complexity index is 1390. The van der Waals surface area contributed by atoms with E-state index in [4.69, 9.17) is 5.73 Å². The van der Waals surface area contributed by atoms with E-state index in [9.17, 15) is 9.90 Å². The second-order valence-corrected chi connectivity index (χ2v) is 10.5. The molecule has 0 radical (unpaired) electrons. The summed E-state index contributed by atoms with van der Waals surface area (Å²) in [5.41, 5.74) is 12.5. The zero-order valence-electron chi connectivity index (χ0n) is 24.2. The second-order valence-electron chi connectivity index (χ2n) is 10.5. The Balaban J connectivity index is 0.000000225. The fourth-order valence-corrected chi connectivity index (χ4v) is 4.74. The van der Waals surface area contributed by atoms with Crippen molar-refractivity contribution in [2.45, 2.75) is 52.9 Å². The fraction of sp³-hybridized carbons (Fsp3) is 0.306. The SMILES string of the molecule is C=C(c1ccc(O)cc1)c1cc(C)ccc1CC.CC(Cc1ccc2ccccc2c1)C(=O)NCCCCCN. The highest BCUT2D eigenvalue weighted by Gasteiger charge is 2.13. The summed E-state index contributed by atoms with van der Waals surface area (Å²) in [5, 5.41) is 14.8. The highest BCUT2D eigenvalue weighted by atomic mass is 16.3. The highest BCUT2D eigenvalue weighted by molar-refractivity contribution is 5.83. The molecule has 0 saturated heterocycles. The maximum absolute atomic E-state index is 12.1. The number of aromatic hydroxyl groups is 1. The quantitative estimate of drug-likeness (QED) is 0.173. The summed E-state index contributed by atoms with van der Waals surface area (Å²) in [4.78, 5) is 12.1. The largest absolute Gasteiger partial charge is 0.508 e. The Morgan fingerprint density at radius 1 is 0.925 bits per heavy atom. The number of nitrogens with one attached hydrogen (secondary N) is 1. The van der Waals surface area contributed by atoms with E-state index in [0.717, 1.165) is 56.3 Å². The van der Waals surface area contributed by atoms with E-state index < -0.39 is 0 Å². The maximum Gasteiger partial charge on any atom is 0.223 e. The van der Waals surface area contributed by atoms with E-state index in [1.807, 2.05) is 31.2 Å². The van der Waals surface area contributed by atoms with Gasteiger partial charge in [0.15, 0.2) is 0 Å². The average molecular weight is 537 g/mol. The van der Waals surface area contributed by atoms with E-state index in [-0.39, 0.29) is 17.6 Å². The third-order valence-electron chi connectivity index (χ3n) is 7.17. The molecule has 1 amide bonds. The number of hydrogen-bond donors (Lipinski definition) is 3. The summed E-state index contributed by atoms with van der Waals surface area (Å²) in [5.74, 6) is 0.420. The molecule has 0 saturated carbocycles. The van der Waals surface area contributed by atoms with Crippen molar-refractivity contribution >= 4 is 22.3 Å². The van der Waals surface area contributed by atoms with Crippen molar-refractivity contribution in [2.24, 2.45) is 11.7 Å². The van der Waals surface area contributed by atoms with Gasteiger partial charge in [0, 0.05) is 12.5 Å². The maximum atomic E-state index is 12.1. The van der Waals surface area contributed by atoms with Crippen LogP contribution >= 0.6 is 0 Å². The molecular formula is C36H44N2O2. The van der Waals surface area contributed by atoms with Crippen LogP contribution in [0.1, 0.15) is 60.9 Å². The highest BCUT2D eigenvalue weighted by Crippen LogP contribution is 2.27. The Morgan fingerprint density at radius 2 is 1.65 bits per heavy atom. The molecule has 0 aliphatic carbocycles. The number of fused-ring (bicyclic) bond motifs is 1. The Kier molecular flexibility index (Phi) is 12.0. The van der Waals surface area contributed by atoms with Gasteiger partial charge >= 0.3 is 0 Å². The van der Waals surface area contributed by atoms with Crippen molar-refractivity contribution in [1.29, 1.82) is 0 Å². The molecule has 4 nitrogen and oxygen atoms in total. The smallest absolute Gasteiger partial charge is 0.223 e. The number of nitrogens with two attached hydrogens (primary N) is 1. The number of amides is 1. The van der Waals surface area contributed by atoms with Gasteiger partial charge in [0.1, 0.15) is 5.75 Å². The first-order valence-electron chi connectivity index (χ1n) is 14.4. The van der Waals surface area contributed by atoms with E-state index in [1.54, 1.807) is 12.1 Å². The Hall–Kier alpha value is -3.89. The van der Waals surface area contributed by atoms with E-state index >= 15 is 0 Å². The Morgan fingerprint density at radius 3 is 2.35 bits per heavy atom. The van der Waals surface area contributed by atoms with Crippen LogP contribution in [0.3, 0.4) is 0 Å². The number of hydrogen-bond acceptors (Lipinski definition) is 3. The lowest BCUT2D eigenvalue weighted by molar-refractivity contribution is -0.124. The summed E-state index contributed by atoms with van der Waals surface area (Å²) in [6.07, 6.45) is 4.89. The number of phenols is 1. The number of unbranched alkanes of at least 4 members (excludes halogenated alkanes) is 2. The molecule has 0 spiro atoms. The summed E-state index contributed by atoms with van der Waals surface area (Å²) >= 11 is 0. The monoisotopic (exact) mass is 536 g/mol. The molecule has 0 aliphatic rings. The van der Waals surface area contributed by atoms with Gasteiger partial charge < -0.3 is 16.2 Å². The first-order valence-corrected chi connectivity index (χ1v) is 14.4. The normalized spacial score (nSPS) is 11.4. The first kappa shape index (κ1) is 30.6. The molecule has 4 rings (SSSR count). The zero-order chi connectivity index (χ0) is 28.9. The topological polar surface area (TPSA) is 75.3 Å². The lowest BCUT2D eigenvalue weighted by Gasteiger charge is -2.13. The molecule has 40 heavy (non-hydrogen) atoms. The molecule has 4 aromatic rings. The fourth-order valence-electron chi connectivity index (χ4n) is 4.74. The number of rotatable bonds is 11. The number of benzene rings is 4. The molecule has 4 heteroatoms. The molecule has 210 valence electrons. The predicted molar refractivity (Wildman–Crippen MR) is 170 cm³/mol. The van der Waals surface area contributed by atoms with Gasteiger partial charge in [0.05, 0.1) is 0 Å². The van der Waals surface area contributed by atoms with Crippen molar-refractivity contribution in [1.82, 2.24) is 5.32 Å². The van der Waals surface area contributed by atoms with Crippen LogP contribution in [0.15, 0.2) is 91.5 Å². The van der Waals surface area contributed by atoms with Crippen molar-refractivity contribution < 1.29 is 9.90 Å². The van der Waals surface area contributed by atoms with Crippen molar-refractivity contribution in [3.05, 3.63) is 119 Å². The average Bonchev–Trinajstić information content (AvgIpc) is 2.97. The molecule has 4 N–H and O–H groups in total. The van der Waals surface area contributed by atoms with Gasteiger partial charge in [0.2, 0.25) is 5.91 Å². The lowest BCUT2D eigenvalue weighted by Crippen LogP contribution is -2.31.